The van der Waals surface area contributed by atoms with Crippen LogP contribution in [0.4, 0.5) is 5.69 Å². The van der Waals surface area contributed by atoms with E-state index in [0.717, 1.165) is 39.1 Å². The molecule has 0 radical (unpaired) electrons. The van der Waals surface area contributed by atoms with Crippen molar-refractivity contribution in [3.05, 3.63) is 45.9 Å². The third-order valence-corrected chi connectivity index (χ3v) is 4.18. The number of halogens is 2. The van der Waals surface area contributed by atoms with Crippen molar-refractivity contribution in [1.82, 2.24) is 9.55 Å². The Balaban J connectivity index is 2.33. The molecule has 0 fully saturated rings. The molecule has 0 saturated carbocycles. The largest absolute Gasteiger partial charge is 0.399 e. The molecule has 5 heteroatoms. The Morgan fingerprint density at radius 3 is 2.80 bits per heavy atom. The van der Waals surface area contributed by atoms with Gasteiger partial charge in [-0.25, -0.2) is 4.98 Å². The first kappa shape index (κ1) is 13.5. The molecular weight excluding hydrogens is 338 g/mol. The molecule has 1 aromatic heterocycles. The highest BCUT2D eigenvalue weighted by molar-refractivity contribution is 9.10. The lowest BCUT2D eigenvalue weighted by Gasteiger charge is -2.08. The number of rotatable bonds is 2. The Labute approximate surface area is 130 Å². The quantitative estimate of drug-likeness (QED) is 0.680. The van der Waals surface area contributed by atoms with Gasteiger partial charge in [-0.3, -0.25) is 0 Å². The summed E-state index contributed by atoms with van der Waals surface area (Å²) in [6.07, 6.45) is 0. The average Bonchev–Trinajstić information content (AvgIpc) is 2.79. The van der Waals surface area contributed by atoms with Crippen molar-refractivity contribution >= 4 is 44.3 Å². The van der Waals surface area contributed by atoms with Gasteiger partial charge in [0, 0.05) is 27.3 Å². The molecule has 102 valence electrons. The molecule has 0 aliphatic carbocycles. The predicted molar refractivity (Wildman–Crippen MR) is 88.0 cm³/mol. The van der Waals surface area contributed by atoms with E-state index in [1.165, 1.54) is 0 Å². The Hall–Kier alpha value is -1.52. The summed E-state index contributed by atoms with van der Waals surface area (Å²) in [5, 5.41) is 0.713. The summed E-state index contributed by atoms with van der Waals surface area (Å²) < 4.78 is 3.11. The summed E-state index contributed by atoms with van der Waals surface area (Å²) in [6.45, 7) is 2.90. The highest BCUT2D eigenvalue weighted by atomic mass is 79.9. The minimum atomic E-state index is 0.713. The molecule has 3 aromatic rings. The summed E-state index contributed by atoms with van der Waals surface area (Å²) in [5.74, 6) is 0.893. The minimum absolute atomic E-state index is 0.713. The third kappa shape index (κ3) is 2.19. The van der Waals surface area contributed by atoms with Gasteiger partial charge in [0.05, 0.1) is 11.0 Å². The van der Waals surface area contributed by atoms with Crippen molar-refractivity contribution in [2.24, 2.45) is 0 Å². The van der Waals surface area contributed by atoms with Crippen LogP contribution in [-0.4, -0.2) is 9.55 Å². The van der Waals surface area contributed by atoms with Crippen molar-refractivity contribution < 1.29 is 0 Å². The molecular formula is C15H13BrClN3. The van der Waals surface area contributed by atoms with Crippen molar-refractivity contribution in [1.29, 1.82) is 0 Å². The maximum absolute atomic E-state index is 6.09. The Morgan fingerprint density at radius 2 is 2.05 bits per heavy atom. The Bertz CT molecular complexity index is 795. The molecule has 20 heavy (non-hydrogen) atoms. The lowest BCUT2D eigenvalue weighted by atomic mass is 10.2. The van der Waals surface area contributed by atoms with Crippen LogP contribution >= 0.6 is 27.5 Å². The van der Waals surface area contributed by atoms with E-state index in [0.29, 0.717) is 5.02 Å². The van der Waals surface area contributed by atoms with Gasteiger partial charge in [-0.1, -0.05) is 27.5 Å². The van der Waals surface area contributed by atoms with Gasteiger partial charge in [0.1, 0.15) is 5.82 Å². The second-order valence-electron chi connectivity index (χ2n) is 4.55. The molecule has 2 N–H and O–H groups in total. The number of benzene rings is 2. The molecule has 0 bridgehead atoms. The number of imidazole rings is 1. The molecule has 0 unspecified atom stereocenters. The zero-order chi connectivity index (χ0) is 14.3. The Morgan fingerprint density at radius 1 is 1.25 bits per heavy atom. The number of aryl methyl sites for hydroxylation is 1. The van der Waals surface area contributed by atoms with Gasteiger partial charge in [-0.2, -0.15) is 0 Å². The highest BCUT2D eigenvalue weighted by Gasteiger charge is 2.14. The summed E-state index contributed by atoms with van der Waals surface area (Å²) in [4.78, 5) is 4.72. The highest BCUT2D eigenvalue weighted by Crippen LogP contribution is 2.32. The normalized spacial score (nSPS) is 11.2. The minimum Gasteiger partial charge on any atom is -0.399 e. The average molecular weight is 351 g/mol. The number of nitrogen functional groups attached to an aromatic ring is 1. The lowest BCUT2D eigenvalue weighted by molar-refractivity contribution is 0.796. The second kappa shape index (κ2) is 5.11. The van der Waals surface area contributed by atoms with Gasteiger partial charge >= 0.3 is 0 Å². The number of nitrogens with two attached hydrogens (primary N) is 1. The van der Waals surface area contributed by atoms with Crippen molar-refractivity contribution in [2.75, 3.05) is 5.73 Å². The Kier molecular flexibility index (Phi) is 3.44. The maximum atomic E-state index is 6.09. The molecule has 3 rings (SSSR count). The van der Waals surface area contributed by atoms with Crippen LogP contribution in [0.3, 0.4) is 0 Å². The van der Waals surface area contributed by atoms with Crippen molar-refractivity contribution in [2.45, 2.75) is 13.5 Å². The zero-order valence-electron chi connectivity index (χ0n) is 10.9. The zero-order valence-corrected chi connectivity index (χ0v) is 13.2. The van der Waals surface area contributed by atoms with Crippen LogP contribution in [0.1, 0.15) is 6.92 Å². The standard InChI is InChI=1S/C15H13BrClN3/c1-2-20-14-7-9(17)3-6-13(14)19-15(20)11-8-10(18)4-5-12(11)16/h3-8H,2,18H2,1H3. The van der Waals surface area contributed by atoms with E-state index in [1.54, 1.807) is 0 Å². The number of hydrogen-bond donors (Lipinski definition) is 1. The molecule has 0 atom stereocenters. The molecule has 0 aliphatic rings. The third-order valence-electron chi connectivity index (χ3n) is 3.26. The monoisotopic (exact) mass is 349 g/mol. The van der Waals surface area contributed by atoms with Gasteiger partial charge < -0.3 is 10.3 Å². The second-order valence-corrected chi connectivity index (χ2v) is 5.84. The molecule has 0 aliphatic heterocycles. The summed E-state index contributed by atoms with van der Waals surface area (Å²) >= 11 is 9.66. The summed E-state index contributed by atoms with van der Waals surface area (Å²) in [5.41, 5.74) is 9.56. The SMILES string of the molecule is CCn1c(-c2cc(N)ccc2Br)nc2ccc(Cl)cc21. The lowest BCUT2D eigenvalue weighted by Crippen LogP contribution is -1.98. The van der Waals surface area contributed by atoms with Gasteiger partial charge in [0.2, 0.25) is 0 Å². The predicted octanol–water partition coefficient (Wildman–Crippen LogP) is 4.72. The number of fused-ring (bicyclic) bond motifs is 1. The van der Waals surface area contributed by atoms with Crippen LogP contribution in [-0.2, 0) is 6.54 Å². The van der Waals surface area contributed by atoms with Gasteiger partial charge in [-0.15, -0.1) is 0 Å². The number of aromatic nitrogens is 2. The molecule has 0 saturated heterocycles. The van der Waals surface area contributed by atoms with Gasteiger partial charge in [0.15, 0.2) is 0 Å². The van der Waals surface area contributed by atoms with E-state index in [9.17, 15) is 0 Å². The van der Waals surface area contributed by atoms with Crippen molar-refractivity contribution in [3.8, 4) is 11.4 Å². The summed E-state index contributed by atoms with van der Waals surface area (Å²) in [6, 6.07) is 11.5. The van der Waals surface area contributed by atoms with E-state index in [4.69, 9.17) is 22.3 Å². The topological polar surface area (TPSA) is 43.8 Å². The van der Waals surface area contributed by atoms with Crippen LogP contribution < -0.4 is 5.73 Å². The first-order valence-electron chi connectivity index (χ1n) is 6.31. The van der Waals surface area contributed by atoms with E-state index in [-0.39, 0.29) is 0 Å². The fraction of sp³-hybridized carbons (Fsp3) is 0.133. The number of anilines is 1. The molecule has 3 nitrogen and oxygen atoms in total. The fourth-order valence-electron chi connectivity index (χ4n) is 2.34. The maximum Gasteiger partial charge on any atom is 0.142 e. The molecule has 0 amide bonds. The van der Waals surface area contributed by atoms with Crippen LogP contribution in [0, 0.1) is 0 Å². The molecule has 1 heterocycles. The fourth-order valence-corrected chi connectivity index (χ4v) is 2.93. The van der Waals surface area contributed by atoms with Gasteiger partial charge in [-0.05, 0) is 43.3 Å². The summed E-state index contributed by atoms with van der Waals surface area (Å²) in [7, 11) is 0. The van der Waals surface area contributed by atoms with E-state index in [2.05, 4.69) is 27.4 Å². The van der Waals surface area contributed by atoms with E-state index < -0.39 is 0 Å². The smallest absolute Gasteiger partial charge is 0.142 e. The molecule has 2 aromatic carbocycles. The van der Waals surface area contributed by atoms with E-state index >= 15 is 0 Å². The van der Waals surface area contributed by atoms with Crippen LogP contribution in [0.2, 0.25) is 5.02 Å². The van der Waals surface area contributed by atoms with E-state index in [1.807, 2.05) is 36.4 Å². The first-order chi connectivity index (χ1) is 9.60. The molecule has 0 spiro atoms. The van der Waals surface area contributed by atoms with Crippen molar-refractivity contribution in [3.63, 3.8) is 0 Å². The number of hydrogen-bond acceptors (Lipinski definition) is 2. The van der Waals surface area contributed by atoms with Crippen LogP contribution in [0.5, 0.6) is 0 Å². The van der Waals surface area contributed by atoms with Crippen LogP contribution in [0.25, 0.3) is 22.4 Å². The van der Waals surface area contributed by atoms with Gasteiger partial charge in [0.25, 0.3) is 0 Å². The van der Waals surface area contributed by atoms with Crippen LogP contribution in [0.15, 0.2) is 40.9 Å². The number of nitrogens with zero attached hydrogens (tertiary/aromatic N) is 2. The first-order valence-corrected chi connectivity index (χ1v) is 7.48.